The van der Waals surface area contributed by atoms with Crippen molar-refractivity contribution in [2.75, 3.05) is 19.6 Å². The van der Waals surface area contributed by atoms with Gasteiger partial charge in [-0.2, -0.15) is 0 Å². The molecule has 3 aromatic rings. The number of rotatable bonds is 6. The van der Waals surface area contributed by atoms with E-state index in [0.29, 0.717) is 6.04 Å². The second kappa shape index (κ2) is 11.5. The summed E-state index contributed by atoms with van der Waals surface area (Å²) in [5.41, 5.74) is 1.95. The minimum atomic E-state index is 0. The van der Waals surface area contributed by atoms with Crippen LogP contribution in [0, 0.1) is 0 Å². The number of aromatic amines is 1. The van der Waals surface area contributed by atoms with E-state index in [1.807, 2.05) is 36.5 Å². The third-order valence-corrected chi connectivity index (χ3v) is 6.19. The van der Waals surface area contributed by atoms with Crippen LogP contribution in [0.25, 0.3) is 10.8 Å². The molecule has 1 aromatic heterocycles. The van der Waals surface area contributed by atoms with Crippen molar-refractivity contribution in [2.45, 2.75) is 45.2 Å². The average Bonchev–Trinajstić information content (AvgIpc) is 3.31. The van der Waals surface area contributed by atoms with Gasteiger partial charge in [0.15, 0.2) is 0 Å². The molecule has 1 amide bonds. The first-order valence-corrected chi connectivity index (χ1v) is 10.7. The lowest BCUT2D eigenvalue weighted by molar-refractivity contribution is 0.0313. The number of halogens is 2. The third-order valence-electron chi connectivity index (χ3n) is 6.19. The first-order valence-electron chi connectivity index (χ1n) is 10.7. The normalized spacial score (nSPS) is 17.6. The SMILES string of the molecule is CCCC[C@H]1CN(C(=O)c2cccc3ccccc23)CCN1C(C)c1cnc[nH]1.Cl.Cl. The standard InChI is InChI=1S/C24H30N4O.2ClH/c1-3-4-10-20-16-27(13-14-28(20)18(2)23-15-25-17-26-23)24(29)22-12-7-9-19-8-5-6-11-21(19)22;;/h5-9,11-12,15,17-18,20H,3-4,10,13-14,16H2,1-2H3,(H,25,26);2*1H/t18?,20-;;/m0../s1. The smallest absolute Gasteiger partial charge is 0.254 e. The van der Waals surface area contributed by atoms with E-state index in [2.05, 4.69) is 45.7 Å². The van der Waals surface area contributed by atoms with Crippen LogP contribution in [0.2, 0.25) is 0 Å². The average molecular weight is 463 g/mol. The van der Waals surface area contributed by atoms with Gasteiger partial charge in [-0.25, -0.2) is 4.98 Å². The molecule has 168 valence electrons. The summed E-state index contributed by atoms with van der Waals surface area (Å²) in [7, 11) is 0. The molecule has 0 bridgehead atoms. The number of fused-ring (bicyclic) bond motifs is 1. The molecule has 2 heterocycles. The molecule has 2 aromatic carbocycles. The number of carbonyl (C=O) groups is 1. The summed E-state index contributed by atoms with van der Waals surface area (Å²) in [6, 6.07) is 14.8. The highest BCUT2D eigenvalue weighted by Crippen LogP contribution is 2.28. The van der Waals surface area contributed by atoms with Crippen LogP contribution in [0.5, 0.6) is 0 Å². The van der Waals surface area contributed by atoms with E-state index in [0.717, 1.165) is 48.1 Å². The molecule has 0 radical (unpaired) electrons. The number of aromatic nitrogens is 2. The van der Waals surface area contributed by atoms with Gasteiger partial charge >= 0.3 is 0 Å². The largest absolute Gasteiger partial charge is 0.347 e. The van der Waals surface area contributed by atoms with Gasteiger partial charge in [0.2, 0.25) is 0 Å². The van der Waals surface area contributed by atoms with Crippen molar-refractivity contribution < 1.29 is 4.79 Å². The maximum Gasteiger partial charge on any atom is 0.254 e. The Balaban J connectivity index is 0.00000171. The Kier molecular flexibility index (Phi) is 9.35. The molecule has 31 heavy (non-hydrogen) atoms. The van der Waals surface area contributed by atoms with E-state index in [1.54, 1.807) is 6.33 Å². The van der Waals surface area contributed by atoms with Crippen LogP contribution in [0.4, 0.5) is 0 Å². The number of unbranched alkanes of at least 4 members (excludes halogenated alkanes) is 1. The minimum absolute atomic E-state index is 0. The van der Waals surface area contributed by atoms with E-state index in [1.165, 1.54) is 12.8 Å². The molecule has 1 saturated heterocycles. The lowest BCUT2D eigenvalue weighted by Crippen LogP contribution is -2.55. The van der Waals surface area contributed by atoms with Crippen molar-refractivity contribution in [2.24, 2.45) is 0 Å². The zero-order chi connectivity index (χ0) is 20.2. The molecule has 1 fully saturated rings. The molecule has 0 aliphatic carbocycles. The number of benzene rings is 2. The lowest BCUT2D eigenvalue weighted by atomic mass is 9.99. The van der Waals surface area contributed by atoms with Gasteiger partial charge in [-0.1, -0.05) is 56.2 Å². The topological polar surface area (TPSA) is 52.2 Å². The number of hydrogen-bond acceptors (Lipinski definition) is 3. The molecule has 2 atom stereocenters. The van der Waals surface area contributed by atoms with Gasteiger partial charge in [0, 0.05) is 43.5 Å². The quantitative estimate of drug-likeness (QED) is 0.527. The number of piperazine rings is 1. The predicted octanol–water partition coefficient (Wildman–Crippen LogP) is 5.48. The highest BCUT2D eigenvalue weighted by Gasteiger charge is 2.33. The van der Waals surface area contributed by atoms with Crippen molar-refractivity contribution in [1.29, 1.82) is 0 Å². The van der Waals surface area contributed by atoms with Gasteiger partial charge < -0.3 is 9.88 Å². The summed E-state index contributed by atoms with van der Waals surface area (Å²) in [4.78, 5) is 25.5. The fourth-order valence-corrected chi connectivity index (χ4v) is 4.52. The Morgan fingerprint density at radius 3 is 2.68 bits per heavy atom. The highest BCUT2D eigenvalue weighted by atomic mass is 35.5. The molecule has 1 aliphatic heterocycles. The van der Waals surface area contributed by atoms with Crippen LogP contribution in [-0.2, 0) is 0 Å². The Hall–Kier alpha value is -2.08. The molecular formula is C24H32Cl2N4O. The van der Waals surface area contributed by atoms with E-state index in [-0.39, 0.29) is 36.8 Å². The number of hydrogen-bond donors (Lipinski definition) is 1. The van der Waals surface area contributed by atoms with Crippen LogP contribution in [-0.4, -0.2) is 51.4 Å². The van der Waals surface area contributed by atoms with E-state index in [9.17, 15) is 4.79 Å². The van der Waals surface area contributed by atoms with Crippen LogP contribution >= 0.6 is 24.8 Å². The first kappa shape index (κ1) is 25.2. The molecule has 0 spiro atoms. The first-order chi connectivity index (χ1) is 14.2. The summed E-state index contributed by atoms with van der Waals surface area (Å²) in [6.45, 7) is 6.87. The molecule has 1 N–H and O–H groups in total. The molecule has 5 nitrogen and oxygen atoms in total. The fourth-order valence-electron chi connectivity index (χ4n) is 4.52. The van der Waals surface area contributed by atoms with Crippen LogP contribution in [0.15, 0.2) is 55.0 Å². The van der Waals surface area contributed by atoms with Crippen LogP contribution in [0.3, 0.4) is 0 Å². The van der Waals surface area contributed by atoms with Gasteiger partial charge in [-0.15, -0.1) is 24.8 Å². The van der Waals surface area contributed by atoms with Gasteiger partial charge in [0.05, 0.1) is 12.0 Å². The fraction of sp³-hybridized carbons (Fsp3) is 0.417. The zero-order valence-electron chi connectivity index (χ0n) is 18.2. The van der Waals surface area contributed by atoms with Crippen molar-refractivity contribution >= 4 is 41.5 Å². The van der Waals surface area contributed by atoms with Crippen LogP contribution < -0.4 is 0 Å². The molecule has 1 aliphatic rings. The maximum absolute atomic E-state index is 13.4. The number of nitrogens with zero attached hydrogens (tertiary/aromatic N) is 3. The van der Waals surface area contributed by atoms with Crippen molar-refractivity contribution in [1.82, 2.24) is 19.8 Å². The van der Waals surface area contributed by atoms with Gasteiger partial charge in [0.1, 0.15) is 0 Å². The zero-order valence-corrected chi connectivity index (χ0v) is 19.8. The number of amides is 1. The Bertz CT molecular complexity index is 958. The number of imidazole rings is 1. The summed E-state index contributed by atoms with van der Waals surface area (Å²) >= 11 is 0. The Morgan fingerprint density at radius 1 is 1.16 bits per heavy atom. The Morgan fingerprint density at radius 2 is 1.94 bits per heavy atom. The van der Waals surface area contributed by atoms with E-state index >= 15 is 0 Å². The minimum Gasteiger partial charge on any atom is -0.347 e. The predicted molar refractivity (Wildman–Crippen MR) is 131 cm³/mol. The second-order valence-corrected chi connectivity index (χ2v) is 7.99. The molecule has 4 rings (SSSR count). The van der Waals surface area contributed by atoms with Crippen molar-refractivity contribution in [3.63, 3.8) is 0 Å². The summed E-state index contributed by atoms with van der Waals surface area (Å²) in [6.07, 6.45) is 7.10. The third kappa shape index (κ3) is 5.40. The maximum atomic E-state index is 13.4. The lowest BCUT2D eigenvalue weighted by Gasteiger charge is -2.44. The Labute approximate surface area is 197 Å². The van der Waals surface area contributed by atoms with Crippen LogP contribution in [0.1, 0.15) is 55.2 Å². The number of H-pyrrole nitrogens is 1. The molecule has 7 heteroatoms. The molecule has 1 unspecified atom stereocenters. The molecular weight excluding hydrogens is 431 g/mol. The number of carbonyl (C=O) groups excluding carboxylic acids is 1. The van der Waals surface area contributed by atoms with Crippen molar-refractivity contribution in [3.8, 4) is 0 Å². The van der Waals surface area contributed by atoms with Gasteiger partial charge in [-0.05, 0) is 30.2 Å². The summed E-state index contributed by atoms with van der Waals surface area (Å²) in [5.74, 6) is 0.150. The van der Waals surface area contributed by atoms with Gasteiger partial charge in [0.25, 0.3) is 5.91 Å². The summed E-state index contributed by atoms with van der Waals surface area (Å²) in [5, 5.41) is 2.16. The summed E-state index contributed by atoms with van der Waals surface area (Å²) < 4.78 is 0. The van der Waals surface area contributed by atoms with Gasteiger partial charge in [-0.3, -0.25) is 9.69 Å². The second-order valence-electron chi connectivity index (χ2n) is 7.99. The van der Waals surface area contributed by atoms with E-state index < -0.39 is 0 Å². The molecule has 0 saturated carbocycles. The van der Waals surface area contributed by atoms with Crippen molar-refractivity contribution in [3.05, 3.63) is 66.2 Å². The van der Waals surface area contributed by atoms with E-state index in [4.69, 9.17) is 0 Å². The highest BCUT2D eigenvalue weighted by molar-refractivity contribution is 6.07. The monoisotopic (exact) mass is 462 g/mol. The number of nitrogens with one attached hydrogen (secondary N) is 1.